The number of carbonyl (C=O) groups excluding carboxylic acids is 1. The second-order valence-electron chi connectivity index (χ2n) is 7.30. The molecule has 2 aliphatic rings. The van der Waals surface area contributed by atoms with E-state index in [0.29, 0.717) is 12.8 Å². The van der Waals surface area contributed by atoms with Crippen molar-refractivity contribution in [3.8, 4) is 0 Å². The zero-order valence-electron chi connectivity index (χ0n) is 13.6. The highest BCUT2D eigenvalue weighted by atomic mass is 32.2. The van der Waals surface area contributed by atoms with Gasteiger partial charge in [0.25, 0.3) is 5.69 Å². The summed E-state index contributed by atoms with van der Waals surface area (Å²) in [6.07, 6.45) is 1.83. The first kappa shape index (κ1) is 16.9. The molecule has 2 saturated carbocycles. The van der Waals surface area contributed by atoms with Crippen LogP contribution in [0.2, 0.25) is 0 Å². The zero-order chi connectivity index (χ0) is 17.8. The van der Waals surface area contributed by atoms with Crippen molar-refractivity contribution >= 4 is 27.2 Å². The number of rotatable bonds is 5. The molecule has 130 valence electrons. The fourth-order valence-corrected chi connectivity index (χ4v) is 6.26. The third-order valence-corrected chi connectivity index (χ3v) is 7.35. The summed E-state index contributed by atoms with van der Waals surface area (Å²) in [5, 5.41) is 11.0. The molecule has 0 spiro atoms. The molecule has 2 fully saturated rings. The van der Waals surface area contributed by atoms with Crippen molar-refractivity contribution in [2.45, 2.75) is 33.1 Å². The maximum absolute atomic E-state index is 12.7. The Morgan fingerprint density at radius 2 is 2.00 bits per heavy atom. The van der Waals surface area contributed by atoms with E-state index in [4.69, 9.17) is 0 Å². The third kappa shape index (κ3) is 2.40. The number of carbonyl (C=O) groups is 1. The van der Waals surface area contributed by atoms with Gasteiger partial charge in [0, 0.05) is 12.5 Å². The van der Waals surface area contributed by atoms with Gasteiger partial charge in [0.15, 0.2) is 0 Å². The maximum Gasteiger partial charge on any atom is 0.293 e. The quantitative estimate of drug-likeness (QED) is 0.648. The van der Waals surface area contributed by atoms with Gasteiger partial charge >= 0.3 is 0 Å². The molecule has 24 heavy (non-hydrogen) atoms. The summed E-state index contributed by atoms with van der Waals surface area (Å²) in [5.74, 6) is -0.114. The fourth-order valence-electron chi connectivity index (χ4n) is 4.36. The topological polar surface area (TPSA) is 106 Å². The zero-order valence-corrected chi connectivity index (χ0v) is 14.4. The largest absolute Gasteiger partial charge is 0.299 e. The molecular formula is C16H20N2O5S. The predicted molar refractivity (Wildman–Crippen MR) is 89.1 cm³/mol. The van der Waals surface area contributed by atoms with E-state index < -0.39 is 20.4 Å². The Morgan fingerprint density at radius 3 is 2.54 bits per heavy atom. The van der Waals surface area contributed by atoms with Crippen molar-refractivity contribution < 1.29 is 18.1 Å². The number of benzene rings is 1. The van der Waals surface area contributed by atoms with Gasteiger partial charge in [-0.2, -0.15) is 0 Å². The number of ketones is 1. The van der Waals surface area contributed by atoms with E-state index in [0.717, 1.165) is 6.42 Å². The fraction of sp³-hybridized carbons (Fsp3) is 0.562. The molecule has 3 rings (SSSR count). The van der Waals surface area contributed by atoms with E-state index in [-0.39, 0.29) is 34.2 Å². The predicted octanol–water partition coefficient (Wildman–Crippen LogP) is 2.73. The summed E-state index contributed by atoms with van der Waals surface area (Å²) in [6, 6.07) is 5.60. The van der Waals surface area contributed by atoms with Crippen molar-refractivity contribution in [2.75, 3.05) is 10.5 Å². The highest BCUT2D eigenvalue weighted by Gasteiger charge is 2.65. The van der Waals surface area contributed by atoms with E-state index in [2.05, 4.69) is 4.72 Å². The van der Waals surface area contributed by atoms with Gasteiger partial charge in [-0.3, -0.25) is 19.6 Å². The van der Waals surface area contributed by atoms with Crippen LogP contribution in [0.4, 0.5) is 11.4 Å². The molecular weight excluding hydrogens is 332 g/mol. The summed E-state index contributed by atoms with van der Waals surface area (Å²) >= 11 is 0. The van der Waals surface area contributed by atoms with Gasteiger partial charge in [0.05, 0.1) is 16.1 Å². The normalized spacial score (nSPS) is 28.1. The van der Waals surface area contributed by atoms with Crippen LogP contribution >= 0.6 is 0 Å². The van der Waals surface area contributed by atoms with Gasteiger partial charge in [0.1, 0.15) is 11.5 Å². The molecule has 7 nitrogen and oxygen atoms in total. The molecule has 2 atom stereocenters. The molecule has 0 aromatic heterocycles. The van der Waals surface area contributed by atoms with Crippen LogP contribution in [0.3, 0.4) is 0 Å². The number of nitrogens with zero attached hydrogens (tertiary/aromatic N) is 1. The van der Waals surface area contributed by atoms with Gasteiger partial charge < -0.3 is 0 Å². The Kier molecular flexibility index (Phi) is 3.71. The van der Waals surface area contributed by atoms with Gasteiger partial charge in [-0.25, -0.2) is 8.42 Å². The van der Waals surface area contributed by atoms with Gasteiger partial charge in [-0.05, 0) is 30.2 Å². The van der Waals surface area contributed by atoms with Crippen LogP contribution in [0.15, 0.2) is 24.3 Å². The average Bonchev–Trinajstić information content (AvgIpc) is 2.80. The van der Waals surface area contributed by atoms with Crippen molar-refractivity contribution in [1.29, 1.82) is 0 Å². The Labute approximate surface area is 140 Å². The van der Waals surface area contributed by atoms with Gasteiger partial charge in [-0.15, -0.1) is 0 Å². The number of nitro benzene ring substituents is 1. The first-order valence-corrected chi connectivity index (χ1v) is 9.51. The van der Waals surface area contributed by atoms with Crippen molar-refractivity contribution in [3.05, 3.63) is 34.4 Å². The standard InChI is InChI=1S/C16H20N2O5S/c1-15(2)11-7-8-16(15,14(19)9-11)10-24(22,23)17-12-5-3-4-6-13(12)18(20)21/h3-6,11,17H,7-10H2,1-2H3/t11-,16+/m0/s1. The third-order valence-electron chi connectivity index (χ3n) is 5.94. The van der Waals surface area contributed by atoms with Crippen LogP contribution in [0.25, 0.3) is 0 Å². The molecule has 0 unspecified atom stereocenters. The molecule has 0 amide bonds. The molecule has 2 bridgehead atoms. The van der Waals surface area contributed by atoms with E-state index in [9.17, 15) is 23.3 Å². The molecule has 0 heterocycles. The first-order valence-electron chi connectivity index (χ1n) is 7.86. The first-order chi connectivity index (χ1) is 11.1. The van der Waals surface area contributed by atoms with Crippen LogP contribution < -0.4 is 4.72 Å². The van der Waals surface area contributed by atoms with E-state index in [1.54, 1.807) is 0 Å². The van der Waals surface area contributed by atoms with E-state index >= 15 is 0 Å². The molecule has 1 N–H and O–H groups in total. The average molecular weight is 352 g/mol. The monoisotopic (exact) mass is 352 g/mol. The molecule has 0 saturated heterocycles. The summed E-state index contributed by atoms with van der Waals surface area (Å²) in [6.45, 7) is 3.91. The SMILES string of the molecule is CC1(C)[C@H]2CC[C@@]1(CS(=O)(=O)Nc1ccccc1[N+](=O)[O-])C(=O)C2. The highest BCUT2D eigenvalue weighted by Crippen LogP contribution is 2.64. The summed E-state index contributed by atoms with van der Waals surface area (Å²) in [4.78, 5) is 22.9. The van der Waals surface area contributed by atoms with Gasteiger partial charge in [0.2, 0.25) is 10.0 Å². The molecule has 0 radical (unpaired) electrons. The molecule has 1 aromatic carbocycles. The van der Waals surface area contributed by atoms with Crippen molar-refractivity contribution in [2.24, 2.45) is 16.7 Å². The molecule has 1 aromatic rings. The Bertz CT molecular complexity index is 818. The number of nitrogens with one attached hydrogen (secondary N) is 1. The molecule has 0 aliphatic heterocycles. The van der Waals surface area contributed by atoms with Crippen LogP contribution in [0, 0.1) is 26.9 Å². The minimum Gasteiger partial charge on any atom is -0.299 e. The number of para-hydroxylation sites is 2. The van der Waals surface area contributed by atoms with Crippen LogP contribution in [-0.2, 0) is 14.8 Å². The summed E-state index contributed by atoms with van der Waals surface area (Å²) in [5.41, 5.74) is -1.65. The minimum atomic E-state index is -3.90. The number of nitro groups is 1. The number of anilines is 1. The Morgan fingerprint density at radius 1 is 1.33 bits per heavy atom. The van der Waals surface area contributed by atoms with Crippen molar-refractivity contribution in [1.82, 2.24) is 0 Å². The van der Waals surface area contributed by atoms with Crippen molar-refractivity contribution in [3.63, 3.8) is 0 Å². The second kappa shape index (κ2) is 5.27. The Balaban J connectivity index is 1.91. The molecule has 8 heteroatoms. The highest BCUT2D eigenvalue weighted by molar-refractivity contribution is 7.92. The lowest BCUT2D eigenvalue weighted by Crippen LogP contribution is -2.43. The van der Waals surface area contributed by atoms with Gasteiger partial charge in [-0.1, -0.05) is 26.0 Å². The number of Topliss-reactive ketones (excluding diaryl/α,β-unsaturated/α-hetero) is 1. The Hall–Kier alpha value is -1.96. The van der Waals surface area contributed by atoms with Crippen LogP contribution in [0.5, 0.6) is 0 Å². The van der Waals surface area contributed by atoms with E-state index in [1.807, 2.05) is 13.8 Å². The number of hydrogen-bond acceptors (Lipinski definition) is 5. The minimum absolute atomic E-state index is 0.00307. The summed E-state index contributed by atoms with van der Waals surface area (Å²) < 4.78 is 27.6. The lowest BCUT2D eigenvalue weighted by atomic mass is 9.70. The smallest absolute Gasteiger partial charge is 0.293 e. The van der Waals surface area contributed by atoms with E-state index in [1.165, 1.54) is 24.3 Å². The van der Waals surface area contributed by atoms with Crippen LogP contribution in [-0.4, -0.2) is 24.9 Å². The maximum atomic E-state index is 12.7. The summed E-state index contributed by atoms with van der Waals surface area (Å²) in [7, 11) is -3.90. The number of fused-ring (bicyclic) bond motifs is 2. The number of sulfonamides is 1. The lowest BCUT2D eigenvalue weighted by Gasteiger charge is -2.36. The second-order valence-corrected chi connectivity index (χ2v) is 9.02. The lowest BCUT2D eigenvalue weighted by molar-refractivity contribution is -0.383. The molecule has 2 aliphatic carbocycles. The number of hydrogen-bond donors (Lipinski definition) is 1. The van der Waals surface area contributed by atoms with Crippen LogP contribution in [0.1, 0.15) is 33.1 Å².